The second-order valence-corrected chi connectivity index (χ2v) is 4.00. The van der Waals surface area contributed by atoms with E-state index in [0.717, 1.165) is 5.56 Å². The fraction of sp³-hybridized carbons (Fsp3) is 0.385. The van der Waals surface area contributed by atoms with E-state index >= 15 is 0 Å². The number of nitrogens with zero attached hydrogens (tertiary/aromatic N) is 2. The van der Waals surface area contributed by atoms with Crippen LogP contribution in [0.15, 0.2) is 36.0 Å². The van der Waals surface area contributed by atoms with Crippen molar-refractivity contribution in [1.29, 1.82) is 0 Å². The van der Waals surface area contributed by atoms with Crippen molar-refractivity contribution in [3.05, 3.63) is 36.5 Å². The number of aliphatic imine (C=N–C) groups is 1. The molecule has 0 unspecified atom stereocenters. The summed E-state index contributed by atoms with van der Waals surface area (Å²) in [6.07, 6.45) is -1.23. The van der Waals surface area contributed by atoms with Crippen LogP contribution in [0.25, 0.3) is 0 Å². The average molecular weight is 302 g/mol. The lowest BCUT2D eigenvalue weighted by Gasteiger charge is -2.11. The smallest absolute Gasteiger partial charge is 0.422 e. The van der Waals surface area contributed by atoms with Crippen molar-refractivity contribution in [2.75, 3.05) is 20.2 Å². The van der Waals surface area contributed by atoms with Crippen molar-refractivity contribution in [3.8, 4) is 5.88 Å². The second kappa shape index (κ2) is 8.13. The highest BCUT2D eigenvalue weighted by atomic mass is 19.4. The summed E-state index contributed by atoms with van der Waals surface area (Å²) in [5.41, 5.74) is 0.788. The van der Waals surface area contributed by atoms with E-state index in [0.29, 0.717) is 19.0 Å². The Labute approximate surface area is 120 Å². The molecule has 116 valence electrons. The number of aromatic nitrogens is 1. The normalized spacial score (nSPS) is 11.9. The number of guanidine groups is 1. The lowest BCUT2D eigenvalue weighted by Crippen LogP contribution is -2.36. The Balaban J connectivity index is 2.45. The SMILES string of the molecule is C=CCNC(=NC)NCc1ccc(OCC(F)(F)F)nc1. The molecule has 0 aliphatic carbocycles. The molecule has 0 aliphatic heterocycles. The van der Waals surface area contributed by atoms with Crippen LogP contribution in [0.1, 0.15) is 5.56 Å². The fourth-order valence-electron chi connectivity index (χ4n) is 1.33. The fourth-order valence-corrected chi connectivity index (χ4v) is 1.33. The Kier molecular flexibility index (Phi) is 6.51. The van der Waals surface area contributed by atoms with E-state index in [1.807, 2.05) is 0 Å². The summed E-state index contributed by atoms with van der Waals surface area (Å²) in [6.45, 7) is 3.23. The molecule has 21 heavy (non-hydrogen) atoms. The Hall–Kier alpha value is -2.25. The van der Waals surface area contributed by atoms with Gasteiger partial charge < -0.3 is 15.4 Å². The molecule has 0 fully saturated rings. The van der Waals surface area contributed by atoms with Gasteiger partial charge in [-0.3, -0.25) is 4.99 Å². The number of hydrogen-bond acceptors (Lipinski definition) is 3. The predicted molar refractivity (Wildman–Crippen MR) is 74.2 cm³/mol. The maximum absolute atomic E-state index is 12.0. The van der Waals surface area contributed by atoms with Crippen LogP contribution in [0, 0.1) is 0 Å². The van der Waals surface area contributed by atoms with Crippen LogP contribution >= 0.6 is 0 Å². The van der Waals surface area contributed by atoms with Crippen molar-refractivity contribution in [2.45, 2.75) is 12.7 Å². The van der Waals surface area contributed by atoms with Crippen LogP contribution in [0.2, 0.25) is 0 Å². The highest BCUT2D eigenvalue weighted by molar-refractivity contribution is 5.79. The standard InChI is InChI=1S/C13H17F3N4O/c1-3-6-18-12(17-2)20-8-10-4-5-11(19-7-10)21-9-13(14,15)16/h3-5,7H,1,6,8-9H2,2H3,(H2,17,18,20). The number of alkyl halides is 3. The zero-order valence-electron chi connectivity index (χ0n) is 11.6. The van der Waals surface area contributed by atoms with Gasteiger partial charge in [0, 0.05) is 32.4 Å². The molecule has 0 aliphatic rings. The average Bonchev–Trinajstić information content (AvgIpc) is 2.46. The van der Waals surface area contributed by atoms with Crippen LogP contribution < -0.4 is 15.4 Å². The Morgan fingerprint density at radius 1 is 1.43 bits per heavy atom. The van der Waals surface area contributed by atoms with E-state index < -0.39 is 12.8 Å². The molecule has 0 bridgehead atoms. The van der Waals surface area contributed by atoms with Gasteiger partial charge in [0.15, 0.2) is 12.6 Å². The summed E-state index contributed by atoms with van der Waals surface area (Å²) < 4.78 is 40.5. The highest BCUT2D eigenvalue weighted by Crippen LogP contribution is 2.16. The maximum Gasteiger partial charge on any atom is 0.422 e. The minimum absolute atomic E-state index is 0.0646. The van der Waals surface area contributed by atoms with E-state index in [-0.39, 0.29) is 5.88 Å². The van der Waals surface area contributed by atoms with Gasteiger partial charge in [0.05, 0.1) is 0 Å². The topological polar surface area (TPSA) is 58.5 Å². The van der Waals surface area contributed by atoms with Gasteiger partial charge in [-0.05, 0) is 5.56 Å². The molecule has 5 nitrogen and oxygen atoms in total. The number of ether oxygens (including phenoxy) is 1. The summed E-state index contributed by atoms with van der Waals surface area (Å²) in [6, 6.07) is 3.02. The molecule has 0 amide bonds. The number of pyridine rings is 1. The summed E-state index contributed by atoms with van der Waals surface area (Å²) in [4.78, 5) is 7.80. The largest absolute Gasteiger partial charge is 0.468 e. The molecule has 0 spiro atoms. The summed E-state index contributed by atoms with van der Waals surface area (Å²) in [7, 11) is 1.63. The van der Waals surface area contributed by atoms with E-state index in [2.05, 4.69) is 31.9 Å². The molecular formula is C13H17F3N4O. The van der Waals surface area contributed by atoms with E-state index in [1.54, 1.807) is 19.2 Å². The monoisotopic (exact) mass is 302 g/mol. The third-order valence-corrected chi connectivity index (χ3v) is 2.28. The van der Waals surface area contributed by atoms with E-state index in [9.17, 15) is 13.2 Å². The highest BCUT2D eigenvalue weighted by Gasteiger charge is 2.28. The second-order valence-electron chi connectivity index (χ2n) is 4.00. The molecule has 0 aromatic carbocycles. The number of halogens is 3. The van der Waals surface area contributed by atoms with Crippen molar-refractivity contribution in [3.63, 3.8) is 0 Å². The minimum Gasteiger partial charge on any atom is -0.468 e. The zero-order valence-corrected chi connectivity index (χ0v) is 11.6. The van der Waals surface area contributed by atoms with Crippen LogP contribution in [-0.2, 0) is 6.54 Å². The molecule has 0 radical (unpaired) electrons. The number of hydrogen-bond donors (Lipinski definition) is 2. The Bertz CT molecular complexity index is 471. The molecule has 1 heterocycles. The quantitative estimate of drug-likeness (QED) is 0.478. The van der Waals surface area contributed by atoms with Gasteiger partial charge in [0.25, 0.3) is 0 Å². The van der Waals surface area contributed by atoms with E-state index in [1.165, 1.54) is 12.3 Å². The van der Waals surface area contributed by atoms with Crippen LogP contribution in [0.3, 0.4) is 0 Å². The first-order valence-electron chi connectivity index (χ1n) is 6.14. The number of nitrogens with one attached hydrogen (secondary N) is 2. The molecule has 0 saturated heterocycles. The van der Waals surface area contributed by atoms with Crippen LogP contribution in [0.5, 0.6) is 5.88 Å². The van der Waals surface area contributed by atoms with Crippen LogP contribution in [0.4, 0.5) is 13.2 Å². The third-order valence-electron chi connectivity index (χ3n) is 2.28. The molecule has 0 saturated carbocycles. The Morgan fingerprint density at radius 2 is 2.19 bits per heavy atom. The van der Waals surface area contributed by atoms with Gasteiger partial charge in [-0.15, -0.1) is 6.58 Å². The van der Waals surface area contributed by atoms with Gasteiger partial charge in [0.2, 0.25) is 5.88 Å². The lowest BCUT2D eigenvalue weighted by molar-refractivity contribution is -0.154. The van der Waals surface area contributed by atoms with Crippen LogP contribution in [-0.4, -0.2) is 37.3 Å². The molecule has 8 heteroatoms. The first-order chi connectivity index (χ1) is 9.94. The van der Waals surface area contributed by atoms with Gasteiger partial charge in [-0.2, -0.15) is 13.2 Å². The van der Waals surface area contributed by atoms with Gasteiger partial charge in [-0.25, -0.2) is 4.98 Å². The molecule has 0 atom stereocenters. The number of rotatable bonds is 6. The molecule has 1 aromatic rings. The lowest BCUT2D eigenvalue weighted by atomic mass is 10.3. The zero-order chi connectivity index (χ0) is 15.7. The molecule has 1 rings (SSSR count). The van der Waals surface area contributed by atoms with Crippen molar-refractivity contribution in [1.82, 2.24) is 15.6 Å². The predicted octanol–water partition coefficient (Wildman–Crippen LogP) is 1.87. The first kappa shape index (κ1) is 16.8. The van der Waals surface area contributed by atoms with E-state index in [4.69, 9.17) is 0 Å². The van der Waals surface area contributed by atoms with Gasteiger partial charge in [-0.1, -0.05) is 12.1 Å². The summed E-state index contributed by atoms with van der Waals surface area (Å²) in [5.74, 6) is 0.525. The minimum atomic E-state index is -4.37. The molecule has 1 aromatic heterocycles. The van der Waals surface area contributed by atoms with Crippen molar-refractivity contribution < 1.29 is 17.9 Å². The Morgan fingerprint density at radius 3 is 2.71 bits per heavy atom. The van der Waals surface area contributed by atoms with Gasteiger partial charge in [0.1, 0.15) is 0 Å². The summed E-state index contributed by atoms with van der Waals surface area (Å²) >= 11 is 0. The summed E-state index contributed by atoms with van der Waals surface area (Å²) in [5, 5.41) is 6.01. The van der Waals surface area contributed by atoms with Gasteiger partial charge >= 0.3 is 6.18 Å². The molecule has 2 N–H and O–H groups in total. The van der Waals surface area contributed by atoms with Crippen molar-refractivity contribution in [2.24, 2.45) is 4.99 Å². The third kappa shape index (κ3) is 7.19. The maximum atomic E-state index is 12.0. The molecular weight excluding hydrogens is 285 g/mol. The first-order valence-corrected chi connectivity index (χ1v) is 6.14. The van der Waals surface area contributed by atoms with Crippen molar-refractivity contribution >= 4 is 5.96 Å².